The lowest BCUT2D eigenvalue weighted by Gasteiger charge is -2.03. The maximum Gasteiger partial charge on any atom is 0.261 e. The van der Waals surface area contributed by atoms with Gasteiger partial charge in [0.2, 0.25) is 0 Å². The van der Waals surface area contributed by atoms with Crippen molar-refractivity contribution in [3.05, 3.63) is 34.7 Å². The van der Waals surface area contributed by atoms with Gasteiger partial charge in [0, 0.05) is 18.4 Å². The molecular formula is C13H15NO2S. The highest BCUT2D eigenvalue weighted by Crippen LogP contribution is 2.30. The number of nitrogens with one attached hydrogen (secondary N) is 1. The van der Waals surface area contributed by atoms with Crippen LogP contribution in [0.5, 0.6) is 0 Å². The molecule has 0 aliphatic rings. The first kappa shape index (κ1) is 12.1. The van der Waals surface area contributed by atoms with E-state index in [-0.39, 0.29) is 5.91 Å². The summed E-state index contributed by atoms with van der Waals surface area (Å²) in [7, 11) is 1.62. The van der Waals surface area contributed by atoms with Gasteiger partial charge in [-0.1, -0.05) is 18.2 Å². The number of benzene rings is 1. The molecule has 0 atom stereocenters. The summed E-state index contributed by atoms with van der Waals surface area (Å²) < 4.78 is 6.06. The van der Waals surface area contributed by atoms with Gasteiger partial charge in [-0.2, -0.15) is 0 Å². The summed E-state index contributed by atoms with van der Waals surface area (Å²) in [5, 5.41) is 4.01. The van der Waals surface area contributed by atoms with Crippen LogP contribution in [0.25, 0.3) is 10.1 Å². The van der Waals surface area contributed by atoms with Crippen LogP contribution in [0.2, 0.25) is 0 Å². The van der Waals surface area contributed by atoms with Gasteiger partial charge in [-0.25, -0.2) is 0 Å². The molecule has 2 rings (SSSR count). The molecule has 1 N–H and O–H groups in total. The van der Waals surface area contributed by atoms with E-state index in [1.54, 1.807) is 7.11 Å². The number of thiophene rings is 1. The minimum atomic E-state index is -0.0132. The standard InChI is InChI=1S/C13H15NO2S/c1-9-10-5-3-4-6-11(10)17-12(9)13(15)14-7-8-16-2/h3-6H,7-8H2,1-2H3,(H,14,15). The predicted molar refractivity (Wildman–Crippen MR) is 70.8 cm³/mol. The summed E-state index contributed by atoms with van der Waals surface area (Å²) in [5.74, 6) is -0.0132. The Hall–Kier alpha value is -1.39. The van der Waals surface area contributed by atoms with Gasteiger partial charge in [0.1, 0.15) is 0 Å². The molecule has 0 radical (unpaired) electrons. The summed E-state index contributed by atoms with van der Waals surface area (Å²) in [5.41, 5.74) is 1.06. The number of aryl methyl sites for hydroxylation is 1. The first-order valence-electron chi connectivity index (χ1n) is 5.49. The summed E-state index contributed by atoms with van der Waals surface area (Å²) in [4.78, 5) is 12.7. The molecule has 17 heavy (non-hydrogen) atoms. The molecule has 0 unspecified atom stereocenters. The Balaban J connectivity index is 2.23. The van der Waals surface area contributed by atoms with Gasteiger partial charge in [-0.3, -0.25) is 4.79 Å². The fourth-order valence-corrected chi connectivity index (χ4v) is 2.86. The maximum atomic E-state index is 12.0. The van der Waals surface area contributed by atoms with Gasteiger partial charge < -0.3 is 10.1 Å². The van der Waals surface area contributed by atoms with Crippen LogP contribution >= 0.6 is 11.3 Å². The minimum Gasteiger partial charge on any atom is -0.383 e. The number of fused-ring (bicyclic) bond motifs is 1. The molecule has 0 aliphatic carbocycles. The van der Waals surface area contributed by atoms with Crippen LogP contribution in [-0.4, -0.2) is 26.2 Å². The molecule has 1 aromatic carbocycles. The molecule has 0 bridgehead atoms. The van der Waals surface area contributed by atoms with Crippen LogP contribution in [0.1, 0.15) is 15.2 Å². The van der Waals surface area contributed by atoms with Crippen molar-refractivity contribution in [2.24, 2.45) is 0 Å². The fourth-order valence-electron chi connectivity index (χ4n) is 1.74. The van der Waals surface area contributed by atoms with Crippen molar-refractivity contribution < 1.29 is 9.53 Å². The second-order valence-corrected chi connectivity index (χ2v) is 4.85. The number of carbonyl (C=O) groups is 1. The first-order chi connectivity index (χ1) is 8.24. The number of rotatable bonds is 4. The van der Waals surface area contributed by atoms with Gasteiger partial charge in [0.05, 0.1) is 11.5 Å². The highest BCUT2D eigenvalue weighted by atomic mass is 32.1. The summed E-state index contributed by atoms with van der Waals surface area (Å²) in [6.45, 7) is 3.07. The lowest BCUT2D eigenvalue weighted by molar-refractivity contribution is 0.0940. The number of hydrogen-bond acceptors (Lipinski definition) is 3. The van der Waals surface area contributed by atoms with Crippen molar-refractivity contribution in [2.45, 2.75) is 6.92 Å². The summed E-state index contributed by atoms with van der Waals surface area (Å²) in [6.07, 6.45) is 0. The Kier molecular flexibility index (Phi) is 3.76. The van der Waals surface area contributed by atoms with E-state index in [1.165, 1.54) is 11.3 Å². The number of carbonyl (C=O) groups excluding carboxylic acids is 1. The fraction of sp³-hybridized carbons (Fsp3) is 0.308. The van der Waals surface area contributed by atoms with Gasteiger partial charge in [0.25, 0.3) is 5.91 Å². The molecule has 4 heteroatoms. The van der Waals surface area contributed by atoms with Crippen molar-refractivity contribution >= 4 is 27.3 Å². The molecule has 0 saturated heterocycles. The van der Waals surface area contributed by atoms with E-state index in [4.69, 9.17) is 4.74 Å². The van der Waals surface area contributed by atoms with E-state index in [9.17, 15) is 4.79 Å². The maximum absolute atomic E-state index is 12.0. The summed E-state index contributed by atoms with van der Waals surface area (Å²) >= 11 is 1.54. The van der Waals surface area contributed by atoms with Crippen LogP contribution in [-0.2, 0) is 4.74 Å². The minimum absolute atomic E-state index is 0.0132. The van der Waals surface area contributed by atoms with Gasteiger partial charge in [-0.05, 0) is 23.9 Å². The number of amides is 1. The van der Waals surface area contributed by atoms with Crippen LogP contribution < -0.4 is 5.32 Å². The SMILES string of the molecule is COCCNC(=O)c1sc2ccccc2c1C. The first-order valence-corrected chi connectivity index (χ1v) is 6.31. The van der Waals surface area contributed by atoms with E-state index in [0.717, 1.165) is 20.5 Å². The van der Waals surface area contributed by atoms with E-state index in [2.05, 4.69) is 5.32 Å². The van der Waals surface area contributed by atoms with Crippen LogP contribution in [0, 0.1) is 6.92 Å². The molecule has 90 valence electrons. The van der Waals surface area contributed by atoms with Crippen molar-refractivity contribution in [3.8, 4) is 0 Å². The number of methoxy groups -OCH3 is 1. The smallest absolute Gasteiger partial charge is 0.261 e. The Morgan fingerprint density at radius 3 is 2.88 bits per heavy atom. The average molecular weight is 249 g/mol. The number of ether oxygens (including phenoxy) is 1. The Bertz CT molecular complexity index is 533. The van der Waals surface area contributed by atoms with Gasteiger partial charge in [0.15, 0.2) is 0 Å². The Labute approximate surface area is 104 Å². The van der Waals surface area contributed by atoms with Crippen molar-refractivity contribution in [1.82, 2.24) is 5.32 Å². The molecule has 3 nitrogen and oxygen atoms in total. The molecule has 1 amide bonds. The van der Waals surface area contributed by atoms with Crippen molar-refractivity contribution in [1.29, 1.82) is 0 Å². The Morgan fingerprint density at radius 1 is 1.41 bits per heavy atom. The van der Waals surface area contributed by atoms with E-state index < -0.39 is 0 Å². The molecule has 1 aromatic heterocycles. The molecule has 0 fully saturated rings. The highest BCUT2D eigenvalue weighted by molar-refractivity contribution is 7.21. The molecule has 1 heterocycles. The van der Waals surface area contributed by atoms with Crippen LogP contribution in [0.3, 0.4) is 0 Å². The zero-order chi connectivity index (χ0) is 12.3. The molecular weight excluding hydrogens is 234 g/mol. The van der Waals surface area contributed by atoms with Crippen LogP contribution in [0.15, 0.2) is 24.3 Å². The quantitative estimate of drug-likeness (QED) is 0.846. The predicted octanol–water partition coefficient (Wildman–Crippen LogP) is 2.59. The average Bonchev–Trinajstić information content (AvgIpc) is 2.68. The highest BCUT2D eigenvalue weighted by Gasteiger charge is 2.14. The summed E-state index contributed by atoms with van der Waals surface area (Å²) in [6, 6.07) is 8.07. The second-order valence-electron chi connectivity index (χ2n) is 3.80. The monoisotopic (exact) mass is 249 g/mol. The van der Waals surface area contributed by atoms with Gasteiger partial charge >= 0.3 is 0 Å². The Morgan fingerprint density at radius 2 is 2.18 bits per heavy atom. The second kappa shape index (κ2) is 5.29. The topological polar surface area (TPSA) is 38.3 Å². The van der Waals surface area contributed by atoms with E-state index >= 15 is 0 Å². The van der Waals surface area contributed by atoms with Gasteiger partial charge in [-0.15, -0.1) is 11.3 Å². The third-order valence-electron chi connectivity index (χ3n) is 2.64. The lowest BCUT2D eigenvalue weighted by atomic mass is 10.1. The lowest BCUT2D eigenvalue weighted by Crippen LogP contribution is -2.26. The number of hydrogen-bond donors (Lipinski definition) is 1. The normalized spacial score (nSPS) is 10.7. The zero-order valence-electron chi connectivity index (χ0n) is 9.95. The van der Waals surface area contributed by atoms with Crippen molar-refractivity contribution in [3.63, 3.8) is 0 Å². The largest absolute Gasteiger partial charge is 0.383 e. The third-order valence-corrected chi connectivity index (χ3v) is 3.91. The van der Waals surface area contributed by atoms with Crippen LogP contribution in [0.4, 0.5) is 0 Å². The third kappa shape index (κ3) is 2.48. The molecule has 0 spiro atoms. The molecule has 0 aliphatic heterocycles. The molecule has 0 saturated carbocycles. The van der Waals surface area contributed by atoms with E-state index in [0.29, 0.717) is 13.2 Å². The van der Waals surface area contributed by atoms with Crippen molar-refractivity contribution in [2.75, 3.05) is 20.3 Å². The van der Waals surface area contributed by atoms with E-state index in [1.807, 2.05) is 31.2 Å². The zero-order valence-corrected chi connectivity index (χ0v) is 10.8. The molecule has 2 aromatic rings.